The summed E-state index contributed by atoms with van der Waals surface area (Å²) in [7, 11) is -3.07. The van der Waals surface area contributed by atoms with E-state index in [1.807, 2.05) is 25.7 Å². The molecule has 1 N–H and O–H groups in total. The minimum atomic E-state index is -3.07. The van der Waals surface area contributed by atoms with Crippen molar-refractivity contribution in [1.29, 1.82) is 0 Å². The van der Waals surface area contributed by atoms with Gasteiger partial charge in [-0.3, -0.25) is 0 Å². The number of amides is 1. The summed E-state index contributed by atoms with van der Waals surface area (Å²) in [5.41, 5.74) is -0.462. The highest BCUT2D eigenvalue weighted by Crippen LogP contribution is 2.23. The smallest absolute Gasteiger partial charge is 0.410 e. The number of nitrogens with one attached hydrogen (secondary N) is 1. The minimum absolute atomic E-state index is 0.212. The van der Waals surface area contributed by atoms with E-state index in [0.717, 1.165) is 45.2 Å². The van der Waals surface area contributed by atoms with E-state index >= 15 is 0 Å². The first-order valence-corrected chi connectivity index (χ1v) is 11.1. The standard InChI is InChI=1S/C17H33N3O4S/c1-17(2,3)24-16(21)20-11-5-6-15(20)7-10-18-14-8-12-19(13-9-14)25(4,22)23/h14-15,18H,5-13H2,1-4H3. The van der Waals surface area contributed by atoms with Crippen molar-refractivity contribution < 1.29 is 17.9 Å². The molecule has 1 unspecified atom stereocenters. The third-order valence-corrected chi connectivity index (χ3v) is 6.14. The molecule has 2 aliphatic heterocycles. The van der Waals surface area contributed by atoms with Crippen molar-refractivity contribution in [3.05, 3.63) is 0 Å². The maximum absolute atomic E-state index is 12.3. The molecule has 7 nitrogen and oxygen atoms in total. The Kier molecular flexibility index (Phi) is 6.73. The average Bonchev–Trinajstić information content (AvgIpc) is 2.94. The summed E-state index contributed by atoms with van der Waals surface area (Å²) in [6.07, 6.45) is 5.69. The summed E-state index contributed by atoms with van der Waals surface area (Å²) in [5, 5.41) is 3.53. The van der Waals surface area contributed by atoms with E-state index < -0.39 is 15.6 Å². The number of rotatable bonds is 5. The van der Waals surface area contributed by atoms with Gasteiger partial charge in [-0.2, -0.15) is 0 Å². The van der Waals surface area contributed by atoms with Crippen LogP contribution in [0.3, 0.4) is 0 Å². The number of nitrogens with zero attached hydrogens (tertiary/aromatic N) is 2. The van der Waals surface area contributed by atoms with Crippen molar-refractivity contribution in [3.8, 4) is 0 Å². The van der Waals surface area contributed by atoms with Gasteiger partial charge in [0.25, 0.3) is 0 Å². The van der Waals surface area contributed by atoms with Gasteiger partial charge < -0.3 is 15.0 Å². The quantitative estimate of drug-likeness (QED) is 0.792. The van der Waals surface area contributed by atoms with Crippen molar-refractivity contribution in [3.63, 3.8) is 0 Å². The molecule has 0 radical (unpaired) electrons. The van der Waals surface area contributed by atoms with Crippen LogP contribution in [0.15, 0.2) is 0 Å². The monoisotopic (exact) mass is 375 g/mol. The van der Waals surface area contributed by atoms with Gasteiger partial charge in [0.05, 0.1) is 6.26 Å². The van der Waals surface area contributed by atoms with Crippen molar-refractivity contribution >= 4 is 16.1 Å². The van der Waals surface area contributed by atoms with Crippen LogP contribution in [0.25, 0.3) is 0 Å². The fourth-order valence-electron chi connectivity index (χ4n) is 3.54. The molecule has 146 valence electrons. The van der Waals surface area contributed by atoms with Gasteiger partial charge in [0, 0.05) is 31.7 Å². The predicted octanol–water partition coefficient (Wildman–Crippen LogP) is 1.79. The number of hydrogen-bond donors (Lipinski definition) is 1. The van der Waals surface area contributed by atoms with E-state index in [0.29, 0.717) is 19.1 Å². The molecule has 0 aromatic carbocycles. The number of carbonyl (C=O) groups is 1. The Morgan fingerprint density at radius 1 is 1.16 bits per heavy atom. The van der Waals surface area contributed by atoms with Crippen LogP contribution >= 0.6 is 0 Å². The molecule has 2 saturated heterocycles. The highest BCUT2D eigenvalue weighted by molar-refractivity contribution is 7.88. The first kappa shape index (κ1) is 20.5. The lowest BCUT2D eigenvalue weighted by Gasteiger charge is -2.32. The molecule has 2 rings (SSSR count). The third-order valence-electron chi connectivity index (χ3n) is 4.84. The Hall–Kier alpha value is -0.860. The summed E-state index contributed by atoms with van der Waals surface area (Å²) in [6.45, 7) is 8.45. The minimum Gasteiger partial charge on any atom is -0.444 e. The first-order valence-electron chi connectivity index (χ1n) is 9.24. The SMILES string of the molecule is CC(C)(C)OC(=O)N1CCCC1CCNC1CCN(S(C)(=O)=O)CC1. The van der Waals surface area contributed by atoms with Crippen LogP contribution in [-0.2, 0) is 14.8 Å². The largest absolute Gasteiger partial charge is 0.444 e. The summed E-state index contributed by atoms with van der Waals surface area (Å²) in [6, 6.07) is 0.591. The van der Waals surface area contributed by atoms with E-state index in [1.54, 1.807) is 4.31 Å². The Morgan fingerprint density at radius 3 is 2.36 bits per heavy atom. The van der Waals surface area contributed by atoms with Gasteiger partial charge in [-0.25, -0.2) is 17.5 Å². The number of ether oxygens (including phenoxy) is 1. The van der Waals surface area contributed by atoms with E-state index in [4.69, 9.17) is 4.74 Å². The Bertz CT molecular complexity index is 551. The fourth-order valence-corrected chi connectivity index (χ4v) is 4.42. The van der Waals surface area contributed by atoms with Crippen LogP contribution in [0, 0.1) is 0 Å². The maximum Gasteiger partial charge on any atom is 0.410 e. The second kappa shape index (κ2) is 8.22. The number of sulfonamides is 1. The zero-order valence-corrected chi connectivity index (χ0v) is 16.8. The van der Waals surface area contributed by atoms with Crippen LogP contribution in [0.2, 0.25) is 0 Å². The molecule has 0 aromatic heterocycles. The molecular weight excluding hydrogens is 342 g/mol. The maximum atomic E-state index is 12.3. The Morgan fingerprint density at radius 2 is 1.80 bits per heavy atom. The summed E-state index contributed by atoms with van der Waals surface area (Å²) >= 11 is 0. The number of piperidine rings is 1. The molecule has 0 saturated carbocycles. The number of likely N-dealkylation sites (tertiary alicyclic amines) is 1. The topological polar surface area (TPSA) is 79.0 Å². The lowest BCUT2D eigenvalue weighted by molar-refractivity contribution is 0.0220. The number of carbonyl (C=O) groups excluding carboxylic acids is 1. The molecule has 0 aromatic rings. The summed E-state index contributed by atoms with van der Waals surface area (Å²) in [4.78, 5) is 14.1. The van der Waals surface area contributed by atoms with Crippen LogP contribution in [0.5, 0.6) is 0 Å². The zero-order valence-electron chi connectivity index (χ0n) is 16.0. The molecule has 8 heteroatoms. The van der Waals surface area contributed by atoms with Gasteiger partial charge >= 0.3 is 6.09 Å². The van der Waals surface area contributed by atoms with Crippen LogP contribution in [0.4, 0.5) is 4.79 Å². The lowest BCUT2D eigenvalue weighted by atomic mass is 10.1. The summed E-state index contributed by atoms with van der Waals surface area (Å²) in [5.74, 6) is 0. The van der Waals surface area contributed by atoms with E-state index in [2.05, 4.69) is 5.32 Å². The number of hydrogen-bond acceptors (Lipinski definition) is 5. The first-order chi connectivity index (χ1) is 11.6. The zero-order chi connectivity index (χ0) is 18.7. The van der Waals surface area contributed by atoms with Crippen molar-refractivity contribution in [1.82, 2.24) is 14.5 Å². The molecule has 1 amide bonds. The highest BCUT2D eigenvalue weighted by atomic mass is 32.2. The molecular formula is C17H33N3O4S. The Labute approximate surface area is 152 Å². The van der Waals surface area contributed by atoms with Crippen LogP contribution in [0.1, 0.15) is 52.9 Å². The van der Waals surface area contributed by atoms with E-state index in [9.17, 15) is 13.2 Å². The van der Waals surface area contributed by atoms with Gasteiger partial charge in [0.15, 0.2) is 0 Å². The van der Waals surface area contributed by atoms with Crippen molar-refractivity contribution in [2.24, 2.45) is 0 Å². The van der Waals surface area contributed by atoms with Crippen LogP contribution in [-0.4, -0.2) is 73.8 Å². The van der Waals surface area contributed by atoms with Gasteiger partial charge in [-0.05, 0) is 59.4 Å². The summed E-state index contributed by atoms with van der Waals surface area (Å²) < 4.78 is 30.1. The second-order valence-electron chi connectivity index (χ2n) is 8.15. The van der Waals surface area contributed by atoms with E-state index in [1.165, 1.54) is 6.26 Å². The van der Waals surface area contributed by atoms with Gasteiger partial charge in [-0.15, -0.1) is 0 Å². The van der Waals surface area contributed by atoms with Crippen molar-refractivity contribution in [2.45, 2.75) is 70.6 Å². The lowest BCUT2D eigenvalue weighted by Crippen LogP contribution is -2.46. The molecule has 0 bridgehead atoms. The predicted molar refractivity (Wildman–Crippen MR) is 98.0 cm³/mol. The fraction of sp³-hybridized carbons (Fsp3) is 0.941. The van der Waals surface area contributed by atoms with E-state index in [-0.39, 0.29) is 12.1 Å². The van der Waals surface area contributed by atoms with Gasteiger partial charge in [0.1, 0.15) is 5.60 Å². The molecule has 0 aliphatic carbocycles. The molecule has 0 spiro atoms. The third kappa shape index (κ3) is 6.42. The van der Waals surface area contributed by atoms with Crippen LogP contribution < -0.4 is 5.32 Å². The molecule has 2 aliphatic rings. The highest BCUT2D eigenvalue weighted by Gasteiger charge is 2.32. The van der Waals surface area contributed by atoms with Gasteiger partial charge in [0.2, 0.25) is 10.0 Å². The molecule has 2 heterocycles. The second-order valence-corrected chi connectivity index (χ2v) is 10.1. The Balaban J connectivity index is 1.72. The van der Waals surface area contributed by atoms with Crippen molar-refractivity contribution in [2.75, 3.05) is 32.4 Å². The molecule has 2 fully saturated rings. The molecule has 25 heavy (non-hydrogen) atoms. The van der Waals surface area contributed by atoms with Gasteiger partial charge in [-0.1, -0.05) is 0 Å². The normalized spacial score (nSPS) is 23.8. The molecule has 1 atom stereocenters. The average molecular weight is 376 g/mol.